The molecule has 0 aliphatic heterocycles. The third-order valence-electron chi connectivity index (χ3n) is 2.68. The first kappa shape index (κ1) is 15.1. The highest BCUT2D eigenvalue weighted by molar-refractivity contribution is 7.98. The van der Waals surface area contributed by atoms with Crippen LogP contribution in [0.2, 0.25) is 5.02 Å². The zero-order valence-electron chi connectivity index (χ0n) is 11.2. The van der Waals surface area contributed by atoms with Gasteiger partial charge in [0.15, 0.2) is 0 Å². The minimum atomic E-state index is -0.214. The van der Waals surface area contributed by atoms with Gasteiger partial charge in [0.25, 0.3) is 0 Å². The summed E-state index contributed by atoms with van der Waals surface area (Å²) in [4.78, 5) is 5.08. The highest BCUT2D eigenvalue weighted by Gasteiger charge is 2.07. The summed E-state index contributed by atoms with van der Waals surface area (Å²) in [5.41, 5.74) is 0.765. The maximum atomic E-state index is 13.6. The van der Waals surface area contributed by atoms with Gasteiger partial charge in [-0.25, -0.2) is 9.37 Å². The van der Waals surface area contributed by atoms with Crippen LogP contribution >= 0.6 is 23.4 Å². The summed E-state index contributed by atoms with van der Waals surface area (Å²) in [7, 11) is 0. The first-order chi connectivity index (χ1) is 9.70. The molecule has 0 fully saturated rings. The van der Waals surface area contributed by atoms with Gasteiger partial charge in [-0.15, -0.1) is 11.8 Å². The van der Waals surface area contributed by atoms with E-state index in [0.29, 0.717) is 15.7 Å². The van der Waals surface area contributed by atoms with Crippen molar-refractivity contribution >= 4 is 29.2 Å². The second kappa shape index (κ2) is 7.50. The van der Waals surface area contributed by atoms with Crippen LogP contribution in [0.5, 0.6) is 0 Å². The van der Waals surface area contributed by atoms with E-state index in [1.165, 1.54) is 17.8 Å². The molecule has 0 spiro atoms. The summed E-state index contributed by atoms with van der Waals surface area (Å²) in [5, 5.41) is 3.83. The summed E-state index contributed by atoms with van der Waals surface area (Å²) in [6.07, 6.45) is 1.03. The number of hydrogen-bond acceptors (Lipinski definition) is 3. The van der Waals surface area contributed by atoms with Crippen LogP contribution in [0, 0.1) is 5.82 Å². The largest absolute Gasteiger partial charge is 0.370 e. The molecule has 2 nitrogen and oxygen atoms in total. The van der Waals surface area contributed by atoms with Crippen LogP contribution in [0.25, 0.3) is 0 Å². The summed E-state index contributed by atoms with van der Waals surface area (Å²) in [6, 6.07) is 10.4. The van der Waals surface area contributed by atoms with E-state index < -0.39 is 0 Å². The third-order valence-corrected chi connectivity index (χ3v) is 4.08. The van der Waals surface area contributed by atoms with Crippen molar-refractivity contribution in [3.8, 4) is 0 Å². The fourth-order valence-corrected chi connectivity index (χ4v) is 2.79. The molecule has 1 heterocycles. The van der Waals surface area contributed by atoms with Crippen molar-refractivity contribution in [2.45, 2.75) is 24.0 Å². The smallest absolute Gasteiger partial charge is 0.136 e. The predicted molar refractivity (Wildman–Crippen MR) is 84.0 cm³/mol. The molecule has 0 amide bonds. The van der Waals surface area contributed by atoms with Crippen LogP contribution < -0.4 is 5.32 Å². The Morgan fingerprint density at radius 3 is 2.80 bits per heavy atom. The van der Waals surface area contributed by atoms with Gasteiger partial charge < -0.3 is 5.32 Å². The van der Waals surface area contributed by atoms with Crippen LogP contribution in [0.3, 0.4) is 0 Å². The minimum absolute atomic E-state index is 0.214. The van der Waals surface area contributed by atoms with Gasteiger partial charge in [-0.2, -0.15) is 0 Å². The molecule has 106 valence electrons. The minimum Gasteiger partial charge on any atom is -0.370 e. The van der Waals surface area contributed by atoms with E-state index in [2.05, 4.69) is 17.2 Å². The molecule has 2 aromatic rings. The van der Waals surface area contributed by atoms with E-state index in [9.17, 15) is 4.39 Å². The lowest BCUT2D eigenvalue weighted by Crippen LogP contribution is -2.03. The normalized spacial score (nSPS) is 10.6. The van der Waals surface area contributed by atoms with Crippen molar-refractivity contribution in [1.82, 2.24) is 4.98 Å². The zero-order valence-corrected chi connectivity index (χ0v) is 12.8. The molecule has 0 aliphatic rings. The van der Waals surface area contributed by atoms with Gasteiger partial charge >= 0.3 is 0 Å². The lowest BCUT2D eigenvalue weighted by Gasteiger charge is -2.08. The van der Waals surface area contributed by atoms with Crippen molar-refractivity contribution in [2.24, 2.45) is 0 Å². The number of pyridine rings is 1. The molecular formula is C15H16ClFN2S. The fourth-order valence-electron chi connectivity index (χ4n) is 1.65. The summed E-state index contributed by atoms with van der Waals surface area (Å²) < 4.78 is 13.6. The van der Waals surface area contributed by atoms with E-state index in [1.54, 1.807) is 12.1 Å². The average molecular weight is 311 g/mol. The van der Waals surface area contributed by atoms with Gasteiger partial charge in [0, 0.05) is 17.2 Å². The number of nitrogens with one attached hydrogen (secondary N) is 1. The van der Waals surface area contributed by atoms with E-state index in [4.69, 9.17) is 11.6 Å². The third kappa shape index (κ3) is 4.12. The SMILES string of the molecule is CCCNc1ccc(Cl)c(CSc2ccccc2F)n1. The van der Waals surface area contributed by atoms with Crippen LogP contribution in [0.15, 0.2) is 41.3 Å². The van der Waals surface area contributed by atoms with Gasteiger partial charge in [-0.3, -0.25) is 0 Å². The Labute approximate surface area is 127 Å². The predicted octanol–water partition coefficient (Wildman–Crippen LogP) is 4.99. The Morgan fingerprint density at radius 1 is 1.25 bits per heavy atom. The molecule has 1 N–H and O–H groups in total. The molecule has 0 bridgehead atoms. The Bertz CT molecular complexity index is 578. The number of halogens is 2. The Morgan fingerprint density at radius 2 is 2.05 bits per heavy atom. The number of aromatic nitrogens is 1. The first-order valence-electron chi connectivity index (χ1n) is 6.47. The van der Waals surface area contributed by atoms with Crippen LogP contribution in [-0.2, 0) is 5.75 Å². The molecular weight excluding hydrogens is 295 g/mol. The fraction of sp³-hybridized carbons (Fsp3) is 0.267. The molecule has 0 aliphatic carbocycles. The zero-order chi connectivity index (χ0) is 14.4. The van der Waals surface area contributed by atoms with Gasteiger partial charge in [0.1, 0.15) is 11.6 Å². The van der Waals surface area contributed by atoms with Gasteiger partial charge in [0.2, 0.25) is 0 Å². The molecule has 0 atom stereocenters. The maximum Gasteiger partial charge on any atom is 0.136 e. The summed E-state index contributed by atoms with van der Waals surface area (Å²) >= 11 is 7.54. The highest BCUT2D eigenvalue weighted by atomic mass is 35.5. The van der Waals surface area contributed by atoms with Crippen LogP contribution in [0.4, 0.5) is 10.2 Å². The molecule has 0 saturated heterocycles. The van der Waals surface area contributed by atoms with Gasteiger partial charge in [-0.1, -0.05) is 30.7 Å². The number of benzene rings is 1. The number of thioether (sulfide) groups is 1. The first-order valence-corrected chi connectivity index (χ1v) is 7.83. The van der Waals surface area contributed by atoms with E-state index in [-0.39, 0.29) is 5.82 Å². The second-order valence-corrected chi connectivity index (χ2v) is 5.70. The summed E-state index contributed by atoms with van der Waals surface area (Å²) in [6.45, 7) is 2.96. The van der Waals surface area contributed by atoms with Gasteiger partial charge in [-0.05, 0) is 30.7 Å². The Balaban J connectivity index is 2.07. The average Bonchev–Trinajstić information content (AvgIpc) is 2.46. The van der Waals surface area contributed by atoms with Crippen molar-refractivity contribution < 1.29 is 4.39 Å². The Hall–Kier alpha value is -1.26. The van der Waals surface area contributed by atoms with Crippen LogP contribution in [0.1, 0.15) is 19.0 Å². The summed E-state index contributed by atoms with van der Waals surface area (Å²) in [5.74, 6) is 1.13. The standard InChI is InChI=1S/C15H16ClFN2S/c1-2-9-18-15-8-7-11(16)13(19-15)10-20-14-6-4-3-5-12(14)17/h3-8H,2,9-10H2,1H3,(H,18,19). The maximum absolute atomic E-state index is 13.6. The molecule has 5 heteroatoms. The molecule has 0 unspecified atom stereocenters. The van der Waals surface area contributed by atoms with Crippen molar-refractivity contribution in [2.75, 3.05) is 11.9 Å². The Kier molecular flexibility index (Phi) is 5.68. The van der Waals surface area contributed by atoms with Gasteiger partial charge in [0.05, 0.1) is 10.7 Å². The quantitative estimate of drug-likeness (QED) is 0.761. The number of anilines is 1. The number of hydrogen-bond donors (Lipinski definition) is 1. The number of nitrogens with zero attached hydrogens (tertiary/aromatic N) is 1. The molecule has 0 saturated carbocycles. The van der Waals surface area contributed by atoms with Crippen molar-refractivity contribution in [1.29, 1.82) is 0 Å². The molecule has 0 radical (unpaired) electrons. The van der Waals surface area contributed by atoms with Crippen molar-refractivity contribution in [3.05, 3.63) is 52.9 Å². The topological polar surface area (TPSA) is 24.9 Å². The molecule has 1 aromatic heterocycles. The molecule has 1 aromatic carbocycles. The van der Waals surface area contributed by atoms with E-state index in [1.807, 2.05) is 18.2 Å². The molecule has 2 rings (SSSR count). The number of rotatable bonds is 6. The monoisotopic (exact) mass is 310 g/mol. The highest BCUT2D eigenvalue weighted by Crippen LogP contribution is 2.28. The lowest BCUT2D eigenvalue weighted by atomic mass is 10.3. The van der Waals surface area contributed by atoms with Crippen molar-refractivity contribution in [3.63, 3.8) is 0 Å². The lowest BCUT2D eigenvalue weighted by molar-refractivity contribution is 0.602. The molecule has 20 heavy (non-hydrogen) atoms. The van der Waals surface area contributed by atoms with E-state index >= 15 is 0 Å². The second-order valence-electron chi connectivity index (χ2n) is 4.27. The van der Waals surface area contributed by atoms with Crippen LogP contribution in [-0.4, -0.2) is 11.5 Å². The van der Waals surface area contributed by atoms with E-state index in [0.717, 1.165) is 24.5 Å².